The topological polar surface area (TPSA) is 142 Å². The number of Topliss-reactive ketones (excluding diaryl/α,β-unsaturated/α-hetero) is 1. The Balaban J connectivity index is 1.68. The number of urea groups is 1. The number of non-ortho nitro benzene ring substituents is 1. The molecule has 10 heteroatoms. The first-order valence-electron chi connectivity index (χ1n) is 11.4. The fourth-order valence-corrected chi connectivity index (χ4v) is 4.16. The largest absolute Gasteiger partial charge is 0.481 e. The molecule has 0 spiro atoms. The van der Waals surface area contributed by atoms with Gasteiger partial charge < -0.3 is 15.3 Å². The summed E-state index contributed by atoms with van der Waals surface area (Å²) in [6.45, 7) is 4.21. The highest BCUT2D eigenvalue weighted by Gasteiger charge is 2.42. The number of nitrogens with zero attached hydrogens (tertiary/aromatic N) is 3. The van der Waals surface area contributed by atoms with Crippen molar-refractivity contribution in [3.05, 3.63) is 75.3 Å². The molecule has 2 N–H and O–H groups in total. The zero-order chi connectivity index (χ0) is 25.5. The normalized spacial score (nSPS) is 17.7. The van der Waals surface area contributed by atoms with E-state index in [-0.39, 0.29) is 30.3 Å². The average molecular weight is 481 g/mol. The second-order valence-electron chi connectivity index (χ2n) is 8.35. The van der Waals surface area contributed by atoms with Gasteiger partial charge in [0.1, 0.15) is 5.92 Å². The van der Waals surface area contributed by atoms with Crippen LogP contribution in [-0.2, 0) is 11.2 Å². The molecule has 0 radical (unpaired) electrons. The molecule has 1 aliphatic heterocycles. The van der Waals surface area contributed by atoms with Crippen LogP contribution >= 0.6 is 0 Å². The molecule has 0 aliphatic carbocycles. The molecule has 1 heterocycles. The van der Waals surface area contributed by atoms with Crippen molar-refractivity contribution in [2.45, 2.75) is 32.7 Å². The molecule has 3 rings (SSSR count). The zero-order valence-corrected chi connectivity index (χ0v) is 19.6. The van der Waals surface area contributed by atoms with Gasteiger partial charge in [-0.25, -0.2) is 9.79 Å². The van der Waals surface area contributed by atoms with Crippen molar-refractivity contribution < 1.29 is 24.4 Å². The van der Waals surface area contributed by atoms with Crippen LogP contribution in [0.3, 0.4) is 0 Å². The summed E-state index contributed by atoms with van der Waals surface area (Å²) in [7, 11) is 0. The Morgan fingerprint density at radius 2 is 1.91 bits per heavy atom. The number of carboxylic acids is 1. The standard InChI is InChI=1S/C25H28N4O6/c1-3-17-8-10-18(11-9-17)21(30)15-26-12-5-13-28-23(19-6-4-7-20(14-19)29(34)35)22(24(31)32)16(2)27-25(28)33/h4,6-11,14,22-23,26H,3,5,12-13,15H2,1-2H3,(H,31,32). The van der Waals surface area contributed by atoms with Gasteiger partial charge in [-0.2, -0.15) is 0 Å². The lowest BCUT2D eigenvalue weighted by Gasteiger charge is -2.37. The highest BCUT2D eigenvalue weighted by molar-refractivity contribution is 6.07. The first-order valence-corrected chi connectivity index (χ1v) is 11.4. The van der Waals surface area contributed by atoms with E-state index in [1.165, 1.54) is 30.0 Å². The fourth-order valence-electron chi connectivity index (χ4n) is 4.16. The van der Waals surface area contributed by atoms with E-state index in [0.29, 0.717) is 24.1 Å². The predicted molar refractivity (Wildman–Crippen MR) is 130 cm³/mol. The number of ketones is 1. The van der Waals surface area contributed by atoms with Crippen molar-refractivity contribution in [1.82, 2.24) is 10.2 Å². The summed E-state index contributed by atoms with van der Waals surface area (Å²) in [6.07, 6.45) is 1.33. The molecule has 2 aromatic carbocycles. The number of carbonyl (C=O) groups excluding carboxylic acids is 2. The molecule has 0 fully saturated rings. The number of amides is 2. The number of nitro groups is 1. The Morgan fingerprint density at radius 1 is 1.20 bits per heavy atom. The number of rotatable bonds is 11. The smallest absolute Gasteiger partial charge is 0.344 e. The summed E-state index contributed by atoms with van der Waals surface area (Å²) >= 11 is 0. The molecule has 1 aliphatic rings. The van der Waals surface area contributed by atoms with Gasteiger partial charge in [-0.1, -0.05) is 43.3 Å². The third kappa shape index (κ3) is 6.15. The Hall–Kier alpha value is -3.92. The number of nitrogens with one attached hydrogen (secondary N) is 1. The van der Waals surface area contributed by atoms with Gasteiger partial charge >= 0.3 is 12.0 Å². The van der Waals surface area contributed by atoms with Crippen molar-refractivity contribution in [3.63, 3.8) is 0 Å². The highest BCUT2D eigenvalue weighted by atomic mass is 16.6. The van der Waals surface area contributed by atoms with Crippen LogP contribution in [0.25, 0.3) is 0 Å². The van der Waals surface area contributed by atoms with Crippen LogP contribution in [0.15, 0.2) is 53.5 Å². The molecule has 0 saturated carbocycles. The SMILES string of the molecule is CCc1ccc(C(=O)CNCCCN2C(=O)N=C(C)C(C(=O)O)C2c2cccc([N+](=O)[O-])c2)cc1. The van der Waals surface area contributed by atoms with Crippen LogP contribution in [0.2, 0.25) is 0 Å². The van der Waals surface area contributed by atoms with Gasteiger partial charge in [0.05, 0.1) is 17.5 Å². The van der Waals surface area contributed by atoms with E-state index in [1.807, 2.05) is 19.1 Å². The minimum Gasteiger partial charge on any atom is -0.481 e. The molecule has 0 aromatic heterocycles. The second-order valence-corrected chi connectivity index (χ2v) is 8.35. The van der Waals surface area contributed by atoms with Crippen LogP contribution < -0.4 is 5.32 Å². The van der Waals surface area contributed by atoms with E-state index in [9.17, 15) is 29.6 Å². The third-order valence-electron chi connectivity index (χ3n) is 6.03. The average Bonchev–Trinajstić information content (AvgIpc) is 2.84. The molecule has 2 unspecified atom stereocenters. The van der Waals surface area contributed by atoms with Gasteiger partial charge in [0.25, 0.3) is 5.69 Å². The van der Waals surface area contributed by atoms with Crippen LogP contribution in [0, 0.1) is 16.0 Å². The molecular formula is C25H28N4O6. The molecule has 0 bridgehead atoms. The Morgan fingerprint density at radius 3 is 2.54 bits per heavy atom. The summed E-state index contributed by atoms with van der Waals surface area (Å²) in [5.41, 5.74) is 2.07. The summed E-state index contributed by atoms with van der Waals surface area (Å²) < 4.78 is 0. The van der Waals surface area contributed by atoms with Crippen molar-refractivity contribution in [1.29, 1.82) is 0 Å². The van der Waals surface area contributed by atoms with Crippen molar-refractivity contribution in [3.8, 4) is 0 Å². The van der Waals surface area contributed by atoms with Crippen LogP contribution in [0.4, 0.5) is 10.5 Å². The predicted octanol–water partition coefficient (Wildman–Crippen LogP) is 3.66. The van der Waals surface area contributed by atoms with Crippen LogP contribution in [0.1, 0.15) is 47.8 Å². The summed E-state index contributed by atoms with van der Waals surface area (Å²) in [6, 6.07) is 11.6. The molecular weight excluding hydrogens is 452 g/mol. The Kier molecular flexibility index (Phi) is 8.43. The fraction of sp³-hybridized carbons (Fsp3) is 0.360. The first-order chi connectivity index (χ1) is 16.7. The van der Waals surface area contributed by atoms with Crippen molar-refractivity contribution >= 4 is 29.2 Å². The van der Waals surface area contributed by atoms with Crippen molar-refractivity contribution in [2.75, 3.05) is 19.6 Å². The molecule has 2 atom stereocenters. The van der Waals surface area contributed by atoms with E-state index in [2.05, 4.69) is 10.3 Å². The minimum absolute atomic E-state index is 0.0534. The van der Waals surface area contributed by atoms with Crippen molar-refractivity contribution in [2.24, 2.45) is 10.9 Å². The van der Waals surface area contributed by atoms with Gasteiger partial charge in [-0.3, -0.25) is 19.7 Å². The number of aliphatic imine (C=N–C) groups is 1. The maximum absolute atomic E-state index is 12.7. The zero-order valence-electron chi connectivity index (χ0n) is 19.6. The van der Waals surface area contributed by atoms with Gasteiger partial charge in [-0.15, -0.1) is 0 Å². The monoisotopic (exact) mass is 480 g/mol. The second kappa shape index (κ2) is 11.5. The van der Waals surface area contributed by atoms with Gasteiger partial charge in [0, 0.05) is 30.0 Å². The first kappa shape index (κ1) is 25.7. The summed E-state index contributed by atoms with van der Waals surface area (Å²) in [5, 5.41) is 24.1. The van der Waals surface area contributed by atoms with E-state index < -0.39 is 28.9 Å². The highest BCUT2D eigenvalue weighted by Crippen LogP contribution is 2.35. The molecule has 184 valence electrons. The van der Waals surface area contributed by atoms with E-state index in [4.69, 9.17) is 0 Å². The third-order valence-corrected chi connectivity index (χ3v) is 6.03. The number of aliphatic carboxylic acids is 1. The summed E-state index contributed by atoms with van der Waals surface area (Å²) in [5.74, 6) is -2.35. The number of benzene rings is 2. The number of hydrogen-bond acceptors (Lipinski definition) is 6. The van der Waals surface area contributed by atoms with Crippen LogP contribution in [-0.4, -0.2) is 58.1 Å². The molecule has 0 saturated heterocycles. The molecule has 10 nitrogen and oxygen atoms in total. The maximum atomic E-state index is 12.7. The van der Waals surface area contributed by atoms with Crippen LogP contribution in [0.5, 0.6) is 0 Å². The van der Waals surface area contributed by atoms with E-state index >= 15 is 0 Å². The van der Waals surface area contributed by atoms with Gasteiger partial charge in [0.2, 0.25) is 0 Å². The number of carbonyl (C=O) groups is 3. The lowest BCUT2D eigenvalue weighted by molar-refractivity contribution is -0.385. The lowest BCUT2D eigenvalue weighted by Crippen LogP contribution is -2.47. The molecule has 2 amide bonds. The number of aryl methyl sites for hydroxylation is 1. The summed E-state index contributed by atoms with van der Waals surface area (Å²) in [4.78, 5) is 53.0. The van der Waals surface area contributed by atoms with Gasteiger partial charge in [0.15, 0.2) is 5.78 Å². The van der Waals surface area contributed by atoms with E-state index in [0.717, 1.165) is 12.0 Å². The van der Waals surface area contributed by atoms with Gasteiger partial charge in [-0.05, 0) is 37.4 Å². The number of carboxylic acid groups (broad SMARTS) is 1. The number of nitro benzene ring substituents is 1. The Bertz CT molecular complexity index is 1140. The molecule has 2 aromatic rings. The minimum atomic E-state index is -1.17. The number of hydrogen-bond donors (Lipinski definition) is 2. The quantitative estimate of drug-likeness (QED) is 0.216. The van der Waals surface area contributed by atoms with E-state index in [1.54, 1.807) is 18.2 Å². The lowest BCUT2D eigenvalue weighted by atomic mass is 9.86. The maximum Gasteiger partial charge on any atom is 0.344 e. The molecule has 35 heavy (non-hydrogen) atoms. The Labute approximate surface area is 202 Å².